The number of nitrogens with one attached hydrogen (secondary N) is 2. The molecule has 21 heavy (non-hydrogen) atoms. The molecule has 0 unspecified atom stereocenters. The number of hydrogen-bond donors (Lipinski definition) is 3. The molecule has 1 aliphatic rings. The molecule has 0 fully saturated rings. The van der Waals surface area contributed by atoms with Crippen molar-refractivity contribution < 1.29 is 9.47 Å². The average Bonchev–Trinajstić information content (AvgIpc) is 2.89. The van der Waals surface area contributed by atoms with E-state index in [1.807, 2.05) is 25.3 Å². The Morgan fingerprint density at radius 1 is 1.29 bits per heavy atom. The molecule has 0 amide bonds. The van der Waals surface area contributed by atoms with Crippen LogP contribution in [-0.2, 0) is 6.42 Å². The highest BCUT2D eigenvalue weighted by molar-refractivity contribution is 5.72. The maximum Gasteiger partial charge on any atom is 0.163 e. The van der Waals surface area contributed by atoms with Gasteiger partial charge in [-0.15, -0.1) is 0 Å². The maximum absolute atomic E-state index is 6.03. The van der Waals surface area contributed by atoms with Gasteiger partial charge in [0.15, 0.2) is 11.5 Å². The molecule has 1 aromatic heterocycles. The van der Waals surface area contributed by atoms with Crippen LogP contribution in [0.25, 0.3) is 0 Å². The highest BCUT2D eigenvalue weighted by atomic mass is 16.6. The zero-order valence-electron chi connectivity index (χ0n) is 12.1. The van der Waals surface area contributed by atoms with Gasteiger partial charge in [0.05, 0.1) is 17.6 Å². The first-order chi connectivity index (χ1) is 10.2. The Balaban J connectivity index is 1.56. The molecule has 0 aliphatic carbocycles. The van der Waals surface area contributed by atoms with Crippen LogP contribution in [0.3, 0.4) is 0 Å². The lowest BCUT2D eigenvalue weighted by Crippen LogP contribution is -2.16. The predicted molar refractivity (Wildman–Crippen MR) is 82.0 cm³/mol. The number of aryl methyl sites for hydroxylation is 2. The van der Waals surface area contributed by atoms with Crippen LogP contribution >= 0.6 is 0 Å². The summed E-state index contributed by atoms with van der Waals surface area (Å²) in [5, 5.41) is 10.3. The van der Waals surface area contributed by atoms with E-state index >= 15 is 0 Å². The van der Waals surface area contributed by atoms with Gasteiger partial charge in [-0.3, -0.25) is 5.10 Å². The second-order valence-corrected chi connectivity index (χ2v) is 5.13. The van der Waals surface area contributed by atoms with Crippen LogP contribution < -0.4 is 20.5 Å². The van der Waals surface area contributed by atoms with E-state index in [4.69, 9.17) is 15.2 Å². The molecular formula is C15H20N4O2. The third-order valence-electron chi connectivity index (χ3n) is 3.59. The first kappa shape index (κ1) is 13.6. The number of fused-ring (bicyclic) bond motifs is 1. The Bertz CT molecular complexity index is 624. The van der Waals surface area contributed by atoms with E-state index in [0.29, 0.717) is 18.9 Å². The molecule has 0 bridgehead atoms. The lowest BCUT2D eigenvalue weighted by molar-refractivity contribution is 0.172. The van der Waals surface area contributed by atoms with Gasteiger partial charge in [0.1, 0.15) is 13.2 Å². The number of rotatable bonds is 5. The molecule has 112 valence electrons. The Hall–Kier alpha value is -2.37. The number of nitrogen functional groups attached to an aromatic ring is 1. The van der Waals surface area contributed by atoms with Crippen LogP contribution in [0.15, 0.2) is 18.3 Å². The molecule has 1 aliphatic heterocycles. The van der Waals surface area contributed by atoms with Crippen molar-refractivity contribution in [3.8, 4) is 11.5 Å². The Morgan fingerprint density at radius 2 is 2.05 bits per heavy atom. The second kappa shape index (κ2) is 5.95. The number of H-pyrrole nitrogens is 1. The van der Waals surface area contributed by atoms with E-state index in [2.05, 4.69) is 15.5 Å². The smallest absolute Gasteiger partial charge is 0.163 e. The topological polar surface area (TPSA) is 85.2 Å². The minimum Gasteiger partial charge on any atom is -0.486 e. The highest BCUT2D eigenvalue weighted by Gasteiger charge is 2.14. The molecule has 3 rings (SSSR count). The van der Waals surface area contributed by atoms with Crippen molar-refractivity contribution in [1.82, 2.24) is 10.2 Å². The molecular weight excluding hydrogens is 268 g/mol. The van der Waals surface area contributed by atoms with Gasteiger partial charge in [-0.2, -0.15) is 5.10 Å². The molecule has 4 N–H and O–H groups in total. The van der Waals surface area contributed by atoms with Crippen LogP contribution in [0.5, 0.6) is 11.5 Å². The zero-order chi connectivity index (χ0) is 14.7. The first-order valence-electron chi connectivity index (χ1n) is 7.16. The second-order valence-electron chi connectivity index (χ2n) is 5.13. The van der Waals surface area contributed by atoms with Gasteiger partial charge >= 0.3 is 0 Å². The Morgan fingerprint density at radius 3 is 2.76 bits per heavy atom. The summed E-state index contributed by atoms with van der Waals surface area (Å²) in [6, 6.07) is 3.73. The van der Waals surface area contributed by atoms with Crippen LogP contribution in [0.2, 0.25) is 0 Å². The summed E-state index contributed by atoms with van der Waals surface area (Å²) >= 11 is 0. The van der Waals surface area contributed by atoms with Crippen molar-refractivity contribution in [2.45, 2.75) is 19.8 Å². The molecule has 2 aromatic rings. The molecule has 2 heterocycles. The van der Waals surface area contributed by atoms with Gasteiger partial charge in [-0.1, -0.05) is 0 Å². The van der Waals surface area contributed by atoms with Gasteiger partial charge in [0.2, 0.25) is 0 Å². The maximum atomic E-state index is 6.03. The van der Waals surface area contributed by atoms with Crippen molar-refractivity contribution in [2.75, 3.05) is 30.8 Å². The first-order valence-corrected chi connectivity index (χ1v) is 7.16. The lowest BCUT2D eigenvalue weighted by Gasteiger charge is -2.20. The Kier molecular flexibility index (Phi) is 3.85. The van der Waals surface area contributed by atoms with Crippen molar-refractivity contribution in [2.24, 2.45) is 0 Å². The van der Waals surface area contributed by atoms with Crippen molar-refractivity contribution >= 4 is 11.4 Å². The predicted octanol–water partition coefficient (Wildman–Crippen LogP) is 2.12. The number of nitrogens with zero attached hydrogens (tertiary/aromatic N) is 1. The quantitative estimate of drug-likeness (QED) is 0.579. The number of nitrogens with two attached hydrogens (primary N) is 1. The van der Waals surface area contributed by atoms with E-state index in [-0.39, 0.29) is 0 Å². The van der Waals surface area contributed by atoms with Crippen molar-refractivity contribution in [3.05, 3.63) is 29.6 Å². The van der Waals surface area contributed by atoms with Crippen LogP contribution in [-0.4, -0.2) is 30.0 Å². The summed E-state index contributed by atoms with van der Waals surface area (Å²) < 4.78 is 11.1. The number of aromatic amines is 1. The van der Waals surface area contributed by atoms with Gasteiger partial charge in [-0.05, 0) is 25.3 Å². The summed E-state index contributed by atoms with van der Waals surface area (Å²) in [6.45, 7) is 4.03. The number of ether oxygens (including phenoxy) is 2. The lowest BCUT2D eigenvalue weighted by atomic mass is 10.1. The molecule has 0 spiro atoms. The van der Waals surface area contributed by atoms with Gasteiger partial charge in [0, 0.05) is 24.4 Å². The molecule has 6 heteroatoms. The average molecular weight is 288 g/mol. The molecule has 6 nitrogen and oxygen atoms in total. The van der Waals surface area contributed by atoms with Crippen molar-refractivity contribution in [3.63, 3.8) is 0 Å². The molecule has 0 radical (unpaired) electrons. The van der Waals surface area contributed by atoms with E-state index < -0.39 is 0 Å². The summed E-state index contributed by atoms with van der Waals surface area (Å²) in [5.41, 5.74) is 9.99. The van der Waals surface area contributed by atoms with Crippen molar-refractivity contribution in [1.29, 1.82) is 0 Å². The van der Waals surface area contributed by atoms with Crippen LogP contribution in [0.1, 0.15) is 17.7 Å². The monoisotopic (exact) mass is 288 g/mol. The van der Waals surface area contributed by atoms with Gasteiger partial charge in [-0.25, -0.2) is 0 Å². The number of benzene rings is 1. The normalized spacial score (nSPS) is 13.2. The van der Waals surface area contributed by atoms with E-state index in [0.717, 1.165) is 42.3 Å². The summed E-state index contributed by atoms with van der Waals surface area (Å²) in [5.74, 6) is 1.47. The third kappa shape index (κ3) is 3.04. The van der Waals surface area contributed by atoms with Gasteiger partial charge in [0.25, 0.3) is 0 Å². The summed E-state index contributed by atoms with van der Waals surface area (Å²) in [4.78, 5) is 0. The van der Waals surface area contributed by atoms with Crippen LogP contribution in [0.4, 0.5) is 11.4 Å². The van der Waals surface area contributed by atoms with E-state index in [9.17, 15) is 0 Å². The fourth-order valence-corrected chi connectivity index (χ4v) is 2.39. The van der Waals surface area contributed by atoms with E-state index in [1.165, 1.54) is 5.56 Å². The fraction of sp³-hybridized carbons (Fsp3) is 0.400. The summed E-state index contributed by atoms with van der Waals surface area (Å²) in [6.07, 6.45) is 3.88. The van der Waals surface area contributed by atoms with Gasteiger partial charge < -0.3 is 20.5 Å². The molecule has 1 aromatic carbocycles. The van der Waals surface area contributed by atoms with Crippen LogP contribution in [0, 0.1) is 6.92 Å². The zero-order valence-corrected chi connectivity index (χ0v) is 12.1. The SMILES string of the molecule is Cc1[nH]ncc1CCCNc1cc2c(cc1N)OCCO2. The number of hydrogen-bond acceptors (Lipinski definition) is 5. The number of aromatic nitrogens is 2. The fourth-order valence-electron chi connectivity index (χ4n) is 2.39. The third-order valence-corrected chi connectivity index (χ3v) is 3.59. The summed E-state index contributed by atoms with van der Waals surface area (Å²) in [7, 11) is 0. The molecule has 0 saturated heterocycles. The minimum atomic E-state index is 0.573. The highest BCUT2D eigenvalue weighted by Crippen LogP contribution is 2.36. The number of anilines is 2. The standard InChI is InChI=1S/C15H20N4O2/c1-10-11(9-18-19-10)3-2-4-17-13-8-15-14(7-12(13)16)20-5-6-21-15/h7-9,17H,2-6,16H2,1H3,(H,18,19). The molecule has 0 atom stereocenters. The Labute approximate surface area is 123 Å². The largest absolute Gasteiger partial charge is 0.486 e. The minimum absolute atomic E-state index is 0.573. The molecule has 0 saturated carbocycles. The van der Waals surface area contributed by atoms with E-state index in [1.54, 1.807) is 0 Å².